The Kier molecular flexibility index (Phi) is 12.1. The van der Waals surface area contributed by atoms with Gasteiger partial charge < -0.3 is 11.1 Å². The van der Waals surface area contributed by atoms with Gasteiger partial charge in [0.1, 0.15) is 0 Å². The number of amidine groups is 1. The molecule has 0 bridgehead atoms. The molecule has 0 unspecified atom stereocenters. The van der Waals surface area contributed by atoms with Crippen LogP contribution in [0, 0.1) is 0 Å². The van der Waals surface area contributed by atoms with Crippen molar-refractivity contribution in [2.45, 2.75) is 78.1 Å². The second kappa shape index (κ2) is 12.5. The molecule has 0 spiro atoms. The monoisotopic (exact) mass is 269 g/mol. The molecule has 1 rings (SSSR count). The summed E-state index contributed by atoms with van der Waals surface area (Å²) in [5.41, 5.74) is 0. The molecule has 3 heteroatoms. The van der Waals surface area contributed by atoms with Gasteiger partial charge >= 0.3 is 0 Å². The molecule has 19 heavy (non-hydrogen) atoms. The van der Waals surface area contributed by atoms with Crippen molar-refractivity contribution in [3.8, 4) is 0 Å². The number of unbranched alkanes of at least 4 members (excludes halogenated alkanes) is 8. The van der Waals surface area contributed by atoms with Gasteiger partial charge in [-0.3, -0.25) is 4.99 Å². The highest BCUT2D eigenvalue weighted by Gasteiger charge is 2.13. The molecule has 0 radical (unpaired) electrons. The maximum Gasteiger partial charge on any atom is 0.0990 e. The summed E-state index contributed by atoms with van der Waals surface area (Å²) in [4.78, 5) is 7.03. The molecule has 1 heterocycles. The van der Waals surface area contributed by atoms with Crippen molar-refractivity contribution in [1.29, 1.82) is 0 Å². The number of aliphatic imine (C=N–C) groups is 1. The third kappa shape index (κ3) is 8.25. The van der Waals surface area contributed by atoms with Gasteiger partial charge in [0.05, 0.1) is 12.4 Å². The normalized spacial score (nSPS) is 14.4. The molecule has 3 nitrogen and oxygen atoms in total. The van der Waals surface area contributed by atoms with Crippen LogP contribution in [0.1, 0.15) is 78.1 Å². The first-order chi connectivity index (χ1) is 8.88. The van der Waals surface area contributed by atoms with E-state index in [1.807, 2.05) is 0 Å². The molecule has 0 aliphatic carbocycles. The Labute approximate surface area is 120 Å². The van der Waals surface area contributed by atoms with Gasteiger partial charge in [0.2, 0.25) is 0 Å². The molecule has 0 saturated heterocycles. The number of rotatable bonds is 11. The van der Waals surface area contributed by atoms with E-state index >= 15 is 0 Å². The van der Waals surface area contributed by atoms with Crippen LogP contribution in [-0.2, 0) is 0 Å². The first-order valence-electron chi connectivity index (χ1n) is 8.16. The molecule has 0 fully saturated rings. The van der Waals surface area contributed by atoms with E-state index in [0.29, 0.717) is 0 Å². The Bertz CT molecular complexity index is 226. The summed E-state index contributed by atoms with van der Waals surface area (Å²) < 4.78 is 0. The van der Waals surface area contributed by atoms with Crippen LogP contribution < -0.4 is 6.15 Å². The van der Waals surface area contributed by atoms with Gasteiger partial charge in [0, 0.05) is 19.5 Å². The predicted octanol–water partition coefficient (Wildman–Crippen LogP) is 4.80. The van der Waals surface area contributed by atoms with Gasteiger partial charge in [-0.25, -0.2) is 0 Å². The maximum absolute atomic E-state index is 4.60. The predicted molar refractivity (Wildman–Crippen MR) is 86.4 cm³/mol. The first-order valence-corrected chi connectivity index (χ1v) is 8.16. The van der Waals surface area contributed by atoms with Gasteiger partial charge in [0.25, 0.3) is 0 Å². The maximum atomic E-state index is 4.60. The van der Waals surface area contributed by atoms with Crippen LogP contribution in [0.5, 0.6) is 0 Å². The number of hydrogen-bond acceptors (Lipinski definition) is 3. The molecule has 0 saturated carbocycles. The van der Waals surface area contributed by atoms with Crippen LogP contribution >= 0.6 is 0 Å². The summed E-state index contributed by atoms with van der Waals surface area (Å²) in [6.07, 6.45) is 13.9. The van der Waals surface area contributed by atoms with Crippen LogP contribution in [0.2, 0.25) is 0 Å². The van der Waals surface area contributed by atoms with E-state index in [1.54, 1.807) is 0 Å². The molecule has 0 aromatic rings. The lowest BCUT2D eigenvalue weighted by Gasteiger charge is -2.17. The smallest absolute Gasteiger partial charge is 0.0990 e. The van der Waals surface area contributed by atoms with Crippen molar-refractivity contribution in [3.05, 3.63) is 0 Å². The van der Waals surface area contributed by atoms with Gasteiger partial charge in [-0.2, -0.15) is 0 Å². The third-order valence-corrected chi connectivity index (χ3v) is 3.91. The van der Waals surface area contributed by atoms with Gasteiger partial charge in [-0.15, -0.1) is 0 Å². The van der Waals surface area contributed by atoms with Crippen LogP contribution in [0.15, 0.2) is 4.99 Å². The fraction of sp³-hybridized carbons (Fsp3) is 0.938. The Morgan fingerprint density at radius 2 is 1.47 bits per heavy atom. The number of nitrogens with zero attached hydrogens (tertiary/aromatic N) is 2. The Balaban J connectivity index is 0.00000324. The van der Waals surface area contributed by atoms with Crippen molar-refractivity contribution in [2.75, 3.05) is 19.6 Å². The minimum Gasteiger partial charge on any atom is -0.359 e. The highest BCUT2D eigenvalue weighted by Crippen LogP contribution is 2.13. The van der Waals surface area contributed by atoms with Crippen molar-refractivity contribution in [1.82, 2.24) is 11.1 Å². The minimum atomic E-state index is 0. The third-order valence-electron chi connectivity index (χ3n) is 3.91. The van der Waals surface area contributed by atoms with Crippen LogP contribution in [0.25, 0.3) is 0 Å². The molecule has 3 N–H and O–H groups in total. The van der Waals surface area contributed by atoms with Crippen molar-refractivity contribution in [3.63, 3.8) is 0 Å². The zero-order valence-corrected chi connectivity index (χ0v) is 13.3. The Morgan fingerprint density at radius 3 is 2.05 bits per heavy atom. The van der Waals surface area contributed by atoms with Crippen LogP contribution in [-0.4, -0.2) is 30.4 Å². The zero-order chi connectivity index (χ0) is 13.1. The highest BCUT2D eigenvalue weighted by molar-refractivity contribution is 5.83. The SMILES string of the molecule is CCCCCCCCCCCC1=NCCN1CC.N. The lowest BCUT2D eigenvalue weighted by atomic mass is 10.1. The summed E-state index contributed by atoms with van der Waals surface area (Å²) >= 11 is 0. The largest absolute Gasteiger partial charge is 0.359 e. The average Bonchev–Trinajstić information content (AvgIpc) is 2.84. The summed E-state index contributed by atoms with van der Waals surface area (Å²) in [6.45, 7) is 7.84. The average molecular weight is 269 g/mol. The van der Waals surface area contributed by atoms with E-state index in [1.165, 1.54) is 70.0 Å². The van der Waals surface area contributed by atoms with E-state index in [9.17, 15) is 0 Å². The fourth-order valence-corrected chi connectivity index (χ4v) is 2.70. The van der Waals surface area contributed by atoms with Crippen molar-refractivity contribution < 1.29 is 0 Å². The number of hydrogen-bond donors (Lipinski definition) is 1. The van der Waals surface area contributed by atoms with Crippen molar-refractivity contribution in [2.24, 2.45) is 4.99 Å². The standard InChI is InChI=1S/C16H32N2.H3N/c1-3-5-6-7-8-9-10-11-12-13-16-17-14-15-18(16)4-2;/h3-15H2,1-2H3;1H3. The molecular formula is C16H35N3. The van der Waals surface area contributed by atoms with Gasteiger partial charge in [0.15, 0.2) is 0 Å². The zero-order valence-electron chi connectivity index (χ0n) is 13.3. The molecular weight excluding hydrogens is 234 g/mol. The van der Waals surface area contributed by atoms with E-state index in [0.717, 1.165) is 19.6 Å². The van der Waals surface area contributed by atoms with Crippen LogP contribution in [0.4, 0.5) is 0 Å². The van der Waals surface area contributed by atoms with E-state index in [-0.39, 0.29) is 6.15 Å². The molecule has 1 aliphatic rings. The highest BCUT2D eigenvalue weighted by atomic mass is 15.2. The lowest BCUT2D eigenvalue weighted by Crippen LogP contribution is -2.27. The minimum absolute atomic E-state index is 0. The van der Waals surface area contributed by atoms with E-state index in [4.69, 9.17) is 0 Å². The molecule has 0 amide bonds. The van der Waals surface area contributed by atoms with Crippen LogP contribution in [0.3, 0.4) is 0 Å². The molecule has 0 aromatic heterocycles. The van der Waals surface area contributed by atoms with E-state index in [2.05, 4.69) is 23.7 Å². The summed E-state index contributed by atoms with van der Waals surface area (Å²) in [6, 6.07) is 0. The molecule has 114 valence electrons. The van der Waals surface area contributed by atoms with Gasteiger partial charge in [-0.1, -0.05) is 58.3 Å². The Morgan fingerprint density at radius 1 is 0.895 bits per heavy atom. The number of likely N-dealkylation sites (N-methyl/N-ethyl adjacent to an activating group) is 1. The first kappa shape index (κ1) is 18.4. The Hall–Kier alpha value is -0.570. The summed E-state index contributed by atoms with van der Waals surface area (Å²) in [7, 11) is 0. The topological polar surface area (TPSA) is 50.6 Å². The summed E-state index contributed by atoms with van der Waals surface area (Å²) in [5.74, 6) is 1.38. The lowest BCUT2D eigenvalue weighted by molar-refractivity contribution is 0.470. The van der Waals surface area contributed by atoms with Crippen molar-refractivity contribution >= 4 is 5.84 Å². The second-order valence-electron chi connectivity index (χ2n) is 5.46. The second-order valence-corrected chi connectivity index (χ2v) is 5.46. The quantitative estimate of drug-likeness (QED) is 0.547. The van der Waals surface area contributed by atoms with Gasteiger partial charge in [-0.05, 0) is 13.3 Å². The van der Waals surface area contributed by atoms with E-state index < -0.39 is 0 Å². The summed E-state index contributed by atoms with van der Waals surface area (Å²) in [5, 5.41) is 0. The molecule has 0 atom stereocenters. The molecule has 1 aliphatic heterocycles. The fourth-order valence-electron chi connectivity index (χ4n) is 2.70. The molecule has 0 aromatic carbocycles.